The van der Waals surface area contributed by atoms with Crippen LogP contribution in [0, 0.1) is 0 Å². The van der Waals surface area contributed by atoms with Crippen molar-refractivity contribution in [3.63, 3.8) is 0 Å². The van der Waals surface area contributed by atoms with E-state index in [0.29, 0.717) is 5.56 Å². The Morgan fingerprint density at radius 1 is 0.815 bits per heavy atom. The van der Waals surface area contributed by atoms with E-state index in [-0.39, 0.29) is 23.8 Å². The van der Waals surface area contributed by atoms with Crippen LogP contribution in [-0.2, 0) is 9.53 Å². The second-order valence-electron chi connectivity index (χ2n) is 6.49. The van der Waals surface area contributed by atoms with Crippen LogP contribution in [0.2, 0.25) is 0 Å². The van der Waals surface area contributed by atoms with Crippen LogP contribution < -0.4 is 4.90 Å². The summed E-state index contributed by atoms with van der Waals surface area (Å²) in [7, 11) is 1.36. The maximum absolute atomic E-state index is 13.0. The first-order valence-corrected chi connectivity index (χ1v) is 8.82. The molecule has 0 saturated carbocycles. The number of para-hydroxylation sites is 1. The molecule has 4 rings (SSSR count). The fraction of sp³-hybridized carbons (Fsp3) is 0.130. The number of ether oxygens (including phenoxy) is 1. The Labute approximate surface area is 158 Å². The Hall–Kier alpha value is -3.40. The van der Waals surface area contributed by atoms with E-state index in [1.165, 1.54) is 7.11 Å². The van der Waals surface area contributed by atoms with Crippen LogP contribution in [0.15, 0.2) is 84.9 Å². The first kappa shape index (κ1) is 17.0. The zero-order chi connectivity index (χ0) is 18.8. The highest BCUT2D eigenvalue weighted by Gasteiger charge is 2.49. The normalized spacial score (nSPS) is 18.7. The summed E-state index contributed by atoms with van der Waals surface area (Å²) in [5.74, 6) is -0.532. The predicted octanol–water partition coefficient (Wildman–Crippen LogP) is 4.34. The van der Waals surface area contributed by atoms with Crippen LogP contribution >= 0.6 is 0 Å². The number of hydrogen-bond donors (Lipinski definition) is 0. The van der Waals surface area contributed by atoms with E-state index in [0.717, 1.165) is 16.8 Å². The van der Waals surface area contributed by atoms with Gasteiger partial charge in [0.05, 0.1) is 24.6 Å². The van der Waals surface area contributed by atoms with E-state index in [1.807, 2.05) is 77.7 Å². The molecule has 1 aliphatic heterocycles. The van der Waals surface area contributed by atoms with Gasteiger partial charge in [-0.25, -0.2) is 4.79 Å². The molecule has 1 amide bonds. The van der Waals surface area contributed by atoms with E-state index in [1.54, 1.807) is 12.1 Å². The molecule has 1 aliphatic rings. The number of hydrogen-bond acceptors (Lipinski definition) is 3. The number of benzene rings is 3. The average Bonchev–Trinajstić information content (AvgIpc) is 2.73. The molecular formula is C23H19NO3. The predicted molar refractivity (Wildman–Crippen MR) is 104 cm³/mol. The number of methoxy groups -OCH3 is 1. The number of esters is 1. The van der Waals surface area contributed by atoms with E-state index in [9.17, 15) is 9.59 Å². The summed E-state index contributed by atoms with van der Waals surface area (Å²) in [6, 6.07) is 26.7. The number of carbonyl (C=O) groups excluding carboxylic acids is 2. The molecule has 1 fully saturated rings. The van der Waals surface area contributed by atoms with E-state index in [4.69, 9.17) is 4.74 Å². The van der Waals surface area contributed by atoms with Crippen molar-refractivity contribution in [3.05, 3.63) is 102 Å². The molecule has 2 atom stereocenters. The summed E-state index contributed by atoms with van der Waals surface area (Å²) in [5, 5.41) is 0. The third-order valence-corrected chi connectivity index (χ3v) is 4.96. The molecule has 3 aromatic carbocycles. The highest BCUT2D eigenvalue weighted by atomic mass is 16.5. The fourth-order valence-electron chi connectivity index (χ4n) is 3.63. The van der Waals surface area contributed by atoms with Gasteiger partial charge in [-0.1, -0.05) is 60.7 Å². The molecule has 3 aromatic rings. The van der Waals surface area contributed by atoms with Gasteiger partial charge in [0, 0.05) is 5.69 Å². The molecular weight excluding hydrogens is 338 g/mol. The molecule has 1 heterocycles. The SMILES string of the molecule is COC(=O)c1ccc([C@H]2[C@H](c3ccccc3)C(=O)N2c2ccccc2)cc1. The standard InChI is InChI=1S/C23H19NO3/c1-27-23(26)18-14-12-17(13-15-18)21-20(16-8-4-2-5-9-16)22(25)24(21)19-10-6-3-7-11-19/h2-15,20-21H,1H3/t20-,21-/m0/s1. The van der Waals surface area contributed by atoms with Crippen LogP contribution in [0.4, 0.5) is 5.69 Å². The third kappa shape index (κ3) is 2.99. The highest BCUT2D eigenvalue weighted by Crippen LogP contribution is 2.48. The maximum Gasteiger partial charge on any atom is 0.337 e. The molecule has 0 aliphatic carbocycles. The Morgan fingerprint density at radius 2 is 1.41 bits per heavy atom. The lowest BCUT2D eigenvalue weighted by Crippen LogP contribution is -2.53. The first-order chi connectivity index (χ1) is 13.2. The van der Waals surface area contributed by atoms with Gasteiger partial charge in [-0.05, 0) is 35.4 Å². The molecule has 27 heavy (non-hydrogen) atoms. The molecule has 0 bridgehead atoms. The molecule has 0 unspecified atom stereocenters. The smallest absolute Gasteiger partial charge is 0.337 e. The largest absolute Gasteiger partial charge is 0.465 e. The number of carbonyl (C=O) groups is 2. The molecule has 4 heteroatoms. The Balaban J connectivity index is 1.74. The summed E-state index contributed by atoms with van der Waals surface area (Å²) in [6.45, 7) is 0. The van der Waals surface area contributed by atoms with Crippen LogP contribution in [0.3, 0.4) is 0 Å². The minimum absolute atomic E-state index is 0.0782. The first-order valence-electron chi connectivity index (χ1n) is 8.82. The molecule has 0 spiro atoms. The molecule has 4 nitrogen and oxygen atoms in total. The van der Waals surface area contributed by atoms with E-state index >= 15 is 0 Å². The third-order valence-electron chi connectivity index (χ3n) is 4.96. The lowest BCUT2D eigenvalue weighted by molar-refractivity contribution is -0.126. The van der Waals surface area contributed by atoms with Gasteiger partial charge in [-0.15, -0.1) is 0 Å². The summed E-state index contributed by atoms with van der Waals surface area (Å²) < 4.78 is 4.77. The van der Waals surface area contributed by atoms with Gasteiger partial charge in [0.15, 0.2) is 0 Å². The monoisotopic (exact) mass is 357 g/mol. The molecule has 134 valence electrons. The minimum atomic E-state index is -0.370. The molecule has 1 saturated heterocycles. The average molecular weight is 357 g/mol. The van der Waals surface area contributed by atoms with Gasteiger partial charge < -0.3 is 9.64 Å². The second kappa shape index (κ2) is 7.08. The Kier molecular flexibility index (Phi) is 4.47. The number of rotatable bonds is 4. The molecule has 0 radical (unpaired) electrons. The van der Waals surface area contributed by atoms with Gasteiger partial charge >= 0.3 is 5.97 Å². The lowest BCUT2D eigenvalue weighted by Gasteiger charge is -2.47. The minimum Gasteiger partial charge on any atom is -0.465 e. The summed E-state index contributed by atoms with van der Waals surface area (Å²) in [4.78, 5) is 26.6. The van der Waals surface area contributed by atoms with Gasteiger partial charge in [0.1, 0.15) is 0 Å². The summed E-state index contributed by atoms with van der Waals surface area (Å²) in [5.41, 5.74) is 3.35. The van der Waals surface area contributed by atoms with Crippen LogP contribution in [0.1, 0.15) is 33.4 Å². The topological polar surface area (TPSA) is 46.6 Å². The number of nitrogens with zero attached hydrogens (tertiary/aromatic N) is 1. The summed E-state index contributed by atoms with van der Waals surface area (Å²) >= 11 is 0. The zero-order valence-electron chi connectivity index (χ0n) is 14.9. The van der Waals surface area contributed by atoms with Gasteiger partial charge in [0.2, 0.25) is 5.91 Å². The second-order valence-corrected chi connectivity index (χ2v) is 6.49. The van der Waals surface area contributed by atoms with E-state index in [2.05, 4.69) is 0 Å². The van der Waals surface area contributed by atoms with Crippen molar-refractivity contribution in [2.45, 2.75) is 12.0 Å². The zero-order valence-corrected chi connectivity index (χ0v) is 14.9. The quantitative estimate of drug-likeness (QED) is 0.515. The van der Waals surface area contributed by atoms with E-state index < -0.39 is 0 Å². The van der Waals surface area contributed by atoms with Crippen molar-refractivity contribution in [1.82, 2.24) is 0 Å². The van der Waals surface area contributed by atoms with Crippen molar-refractivity contribution in [1.29, 1.82) is 0 Å². The van der Waals surface area contributed by atoms with Crippen LogP contribution in [0.25, 0.3) is 0 Å². The van der Waals surface area contributed by atoms with Crippen LogP contribution in [0.5, 0.6) is 0 Å². The van der Waals surface area contributed by atoms with Gasteiger partial charge in [-0.3, -0.25) is 4.79 Å². The maximum atomic E-state index is 13.0. The Morgan fingerprint density at radius 3 is 2.00 bits per heavy atom. The van der Waals surface area contributed by atoms with Crippen molar-refractivity contribution < 1.29 is 14.3 Å². The molecule has 0 N–H and O–H groups in total. The van der Waals surface area contributed by atoms with Crippen molar-refractivity contribution in [3.8, 4) is 0 Å². The highest BCUT2D eigenvalue weighted by molar-refractivity contribution is 6.06. The lowest BCUT2D eigenvalue weighted by atomic mass is 9.77. The van der Waals surface area contributed by atoms with Crippen molar-refractivity contribution in [2.24, 2.45) is 0 Å². The summed E-state index contributed by atoms with van der Waals surface area (Å²) in [6.07, 6.45) is 0. The number of amides is 1. The van der Waals surface area contributed by atoms with Crippen molar-refractivity contribution in [2.75, 3.05) is 12.0 Å². The van der Waals surface area contributed by atoms with Crippen molar-refractivity contribution >= 4 is 17.6 Å². The van der Waals surface area contributed by atoms with Gasteiger partial charge in [-0.2, -0.15) is 0 Å². The fourth-order valence-corrected chi connectivity index (χ4v) is 3.63. The van der Waals surface area contributed by atoms with Crippen LogP contribution in [-0.4, -0.2) is 19.0 Å². The number of anilines is 1. The number of β-lactam (4-membered cyclic amide) rings is 1. The molecule has 0 aromatic heterocycles. The Bertz CT molecular complexity index is 902. The van der Waals surface area contributed by atoms with Gasteiger partial charge in [0.25, 0.3) is 0 Å².